The van der Waals surface area contributed by atoms with Gasteiger partial charge in [-0.25, -0.2) is 0 Å². The largest absolute Gasteiger partial charge is 0.395 e. The lowest BCUT2D eigenvalue weighted by Gasteiger charge is -2.19. The van der Waals surface area contributed by atoms with E-state index in [1.165, 1.54) is 0 Å². The quantitative estimate of drug-likeness (QED) is 0.596. The van der Waals surface area contributed by atoms with Crippen molar-refractivity contribution >= 4 is 11.6 Å². The third-order valence-corrected chi connectivity index (χ3v) is 1.83. The molecule has 11 heavy (non-hydrogen) atoms. The summed E-state index contributed by atoms with van der Waals surface area (Å²) in [6.07, 6.45) is 2.16. The Morgan fingerprint density at radius 3 is 2.45 bits per heavy atom. The molecule has 0 aliphatic rings. The zero-order chi connectivity index (χ0) is 8.53. The van der Waals surface area contributed by atoms with Gasteiger partial charge in [-0.3, -0.25) is 0 Å². The molecule has 0 atom stereocenters. The number of halogens is 1. The van der Waals surface area contributed by atoms with Gasteiger partial charge in [0.2, 0.25) is 0 Å². The molecule has 0 radical (unpaired) electrons. The summed E-state index contributed by atoms with van der Waals surface area (Å²) in [4.78, 5) is 2.24. The van der Waals surface area contributed by atoms with Crippen LogP contribution >= 0.6 is 11.6 Å². The average molecular weight is 180 g/mol. The predicted octanol–water partition coefficient (Wildman–Crippen LogP) is 1.32. The number of alkyl halides is 1. The molecule has 0 unspecified atom stereocenters. The minimum Gasteiger partial charge on any atom is -0.395 e. The number of aliphatic hydroxyl groups is 1. The Labute approximate surface area is 74.2 Å². The molecule has 0 aliphatic carbocycles. The second-order valence-electron chi connectivity index (χ2n) is 2.61. The molecule has 0 saturated heterocycles. The maximum absolute atomic E-state index is 8.69. The fourth-order valence-corrected chi connectivity index (χ4v) is 1.20. The van der Waals surface area contributed by atoms with Crippen LogP contribution < -0.4 is 0 Å². The van der Waals surface area contributed by atoms with Crippen LogP contribution in [0.25, 0.3) is 0 Å². The molecule has 0 saturated carbocycles. The van der Waals surface area contributed by atoms with E-state index in [0.29, 0.717) is 5.88 Å². The van der Waals surface area contributed by atoms with Gasteiger partial charge >= 0.3 is 0 Å². The average Bonchev–Trinajstić information content (AvgIpc) is 2.01. The second kappa shape index (κ2) is 8.31. The van der Waals surface area contributed by atoms with Crippen LogP contribution in [0.1, 0.15) is 19.8 Å². The summed E-state index contributed by atoms with van der Waals surface area (Å²) in [7, 11) is 0. The summed E-state index contributed by atoms with van der Waals surface area (Å²) in [5.74, 6) is 0.714. The SMILES string of the molecule is CCCN(CCO)CCCCl. The molecule has 0 heterocycles. The van der Waals surface area contributed by atoms with Crippen LogP contribution in [0, 0.1) is 0 Å². The highest BCUT2D eigenvalue weighted by molar-refractivity contribution is 6.17. The Morgan fingerprint density at radius 1 is 1.27 bits per heavy atom. The molecule has 3 heteroatoms. The number of rotatable bonds is 7. The predicted molar refractivity (Wildman–Crippen MR) is 49.2 cm³/mol. The third kappa shape index (κ3) is 6.60. The molecule has 0 aromatic carbocycles. The van der Waals surface area contributed by atoms with Gasteiger partial charge in [0, 0.05) is 12.4 Å². The van der Waals surface area contributed by atoms with Crippen molar-refractivity contribution in [2.75, 3.05) is 32.1 Å². The lowest BCUT2D eigenvalue weighted by Crippen LogP contribution is -2.28. The number of hydrogen-bond donors (Lipinski definition) is 1. The maximum atomic E-state index is 8.69. The van der Waals surface area contributed by atoms with Crippen molar-refractivity contribution in [2.45, 2.75) is 19.8 Å². The first-order valence-electron chi connectivity index (χ1n) is 4.24. The maximum Gasteiger partial charge on any atom is 0.0558 e. The van der Waals surface area contributed by atoms with E-state index in [-0.39, 0.29) is 6.61 Å². The van der Waals surface area contributed by atoms with Gasteiger partial charge in [-0.15, -0.1) is 11.6 Å². The van der Waals surface area contributed by atoms with Gasteiger partial charge in [0.15, 0.2) is 0 Å². The highest BCUT2D eigenvalue weighted by atomic mass is 35.5. The van der Waals surface area contributed by atoms with Gasteiger partial charge in [0.1, 0.15) is 0 Å². The molecule has 68 valence electrons. The number of hydrogen-bond acceptors (Lipinski definition) is 2. The molecule has 0 aromatic rings. The smallest absolute Gasteiger partial charge is 0.0558 e. The van der Waals surface area contributed by atoms with Gasteiger partial charge in [-0.2, -0.15) is 0 Å². The molecule has 0 bridgehead atoms. The second-order valence-corrected chi connectivity index (χ2v) is 2.99. The normalized spacial score (nSPS) is 10.9. The minimum atomic E-state index is 0.252. The van der Waals surface area contributed by atoms with E-state index in [4.69, 9.17) is 16.7 Å². The van der Waals surface area contributed by atoms with Crippen molar-refractivity contribution in [1.82, 2.24) is 4.90 Å². The van der Waals surface area contributed by atoms with Gasteiger partial charge < -0.3 is 10.0 Å². The molecule has 0 amide bonds. The van der Waals surface area contributed by atoms with E-state index in [1.54, 1.807) is 0 Å². The fourth-order valence-electron chi connectivity index (χ4n) is 1.08. The highest BCUT2D eigenvalue weighted by Crippen LogP contribution is 1.94. The van der Waals surface area contributed by atoms with E-state index in [0.717, 1.165) is 32.5 Å². The molecule has 2 nitrogen and oxygen atoms in total. The molecule has 0 aromatic heterocycles. The van der Waals surface area contributed by atoms with Crippen LogP contribution in [-0.4, -0.2) is 42.1 Å². The standard InChI is InChI=1S/C8H18ClNO/c1-2-5-10(7-8-11)6-3-4-9/h11H,2-8H2,1H3. The lowest BCUT2D eigenvalue weighted by atomic mass is 10.3. The Morgan fingerprint density at radius 2 is 2.00 bits per heavy atom. The highest BCUT2D eigenvalue weighted by Gasteiger charge is 2.00. The van der Waals surface area contributed by atoms with Crippen LogP contribution in [0.15, 0.2) is 0 Å². The van der Waals surface area contributed by atoms with Crippen LogP contribution in [0.5, 0.6) is 0 Å². The van der Waals surface area contributed by atoms with E-state index in [1.807, 2.05) is 0 Å². The number of aliphatic hydroxyl groups excluding tert-OH is 1. The van der Waals surface area contributed by atoms with E-state index >= 15 is 0 Å². The first kappa shape index (κ1) is 11.2. The summed E-state index contributed by atoms with van der Waals surface area (Å²) < 4.78 is 0. The van der Waals surface area contributed by atoms with E-state index in [2.05, 4.69) is 11.8 Å². The summed E-state index contributed by atoms with van der Waals surface area (Å²) in [5.41, 5.74) is 0. The zero-order valence-corrected chi connectivity index (χ0v) is 7.98. The topological polar surface area (TPSA) is 23.5 Å². The van der Waals surface area contributed by atoms with Crippen LogP contribution in [-0.2, 0) is 0 Å². The molecule has 0 spiro atoms. The van der Waals surface area contributed by atoms with Crippen molar-refractivity contribution < 1.29 is 5.11 Å². The number of nitrogens with zero attached hydrogens (tertiary/aromatic N) is 1. The zero-order valence-electron chi connectivity index (χ0n) is 7.22. The Bertz CT molecular complexity index is 74.5. The summed E-state index contributed by atoms with van der Waals surface area (Å²) in [6.45, 7) is 5.26. The molecule has 0 fully saturated rings. The first-order chi connectivity index (χ1) is 5.35. The van der Waals surface area contributed by atoms with Crippen LogP contribution in [0.3, 0.4) is 0 Å². The Kier molecular flexibility index (Phi) is 8.47. The summed E-state index contributed by atoms with van der Waals surface area (Å²) in [5, 5.41) is 8.69. The molecular weight excluding hydrogens is 162 g/mol. The van der Waals surface area contributed by atoms with Crippen molar-refractivity contribution in [1.29, 1.82) is 0 Å². The van der Waals surface area contributed by atoms with Gasteiger partial charge in [-0.05, 0) is 25.9 Å². The molecule has 0 aliphatic heterocycles. The van der Waals surface area contributed by atoms with Gasteiger partial charge in [0.25, 0.3) is 0 Å². The van der Waals surface area contributed by atoms with E-state index in [9.17, 15) is 0 Å². The van der Waals surface area contributed by atoms with E-state index < -0.39 is 0 Å². The van der Waals surface area contributed by atoms with Crippen molar-refractivity contribution in [3.63, 3.8) is 0 Å². The Hall–Kier alpha value is 0.210. The third-order valence-electron chi connectivity index (χ3n) is 1.56. The van der Waals surface area contributed by atoms with Crippen molar-refractivity contribution in [3.8, 4) is 0 Å². The fraction of sp³-hybridized carbons (Fsp3) is 1.00. The molecule has 0 rings (SSSR count). The summed E-state index contributed by atoms with van der Waals surface area (Å²) in [6, 6.07) is 0. The van der Waals surface area contributed by atoms with Crippen molar-refractivity contribution in [3.05, 3.63) is 0 Å². The van der Waals surface area contributed by atoms with Gasteiger partial charge in [-0.1, -0.05) is 6.92 Å². The van der Waals surface area contributed by atoms with Crippen molar-refractivity contribution in [2.24, 2.45) is 0 Å². The lowest BCUT2D eigenvalue weighted by molar-refractivity contribution is 0.196. The van der Waals surface area contributed by atoms with Crippen LogP contribution in [0.4, 0.5) is 0 Å². The van der Waals surface area contributed by atoms with Crippen LogP contribution in [0.2, 0.25) is 0 Å². The first-order valence-corrected chi connectivity index (χ1v) is 4.77. The minimum absolute atomic E-state index is 0.252. The molecular formula is C8H18ClNO. The summed E-state index contributed by atoms with van der Waals surface area (Å²) >= 11 is 5.56. The molecule has 1 N–H and O–H groups in total. The Balaban J connectivity index is 3.34. The monoisotopic (exact) mass is 179 g/mol. The van der Waals surface area contributed by atoms with Gasteiger partial charge in [0.05, 0.1) is 6.61 Å².